The van der Waals surface area contributed by atoms with Crippen LogP contribution in [0, 0.1) is 0 Å². The first-order valence-electron chi connectivity index (χ1n) is 24.8. The van der Waals surface area contributed by atoms with Crippen LogP contribution >= 0.6 is 0 Å². The number of hydrogen-bond donors (Lipinski definition) is 0. The average Bonchev–Trinajstić information content (AvgIpc) is 3.51. The fourth-order valence-electron chi connectivity index (χ4n) is 7.36. The van der Waals surface area contributed by atoms with Crippen LogP contribution in [0.25, 0.3) is 0 Å². The standard InChI is InChI=1S/12C6H5.4Pd/c12*1-2-4-6-5-3-1;;;;/h12*1-5H;;;;. The van der Waals surface area contributed by atoms with Gasteiger partial charge in [0, 0.05) is 0 Å². The molecule has 76 heavy (non-hydrogen) atoms. The second kappa shape index (κ2) is 30.1. The van der Waals surface area contributed by atoms with Gasteiger partial charge in [-0.15, -0.1) is 0 Å². The molecule has 0 saturated heterocycles. The molecule has 12 aromatic rings. The van der Waals surface area contributed by atoms with Gasteiger partial charge < -0.3 is 0 Å². The molecule has 0 amide bonds. The molecule has 12 rings (SSSR count). The predicted molar refractivity (Wildman–Crippen MR) is 313 cm³/mol. The summed E-state index contributed by atoms with van der Waals surface area (Å²) in [5.41, 5.74) is 0. The van der Waals surface area contributed by atoms with Crippen molar-refractivity contribution in [2.24, 2.45) is 0 Å². The Hall–Kier alpha value is -6.71. The minimum atomic E-state index is -1.05. The zero-order chi connectivity index (χ0) is 51.7. The van der Waals surface area contributed by atoms with Gasteiger partial charge >= 0.3 is 479 Å². The van der Waals surface area contributed by atoms with E-state index in [1.165, 1.54) is 48.4 Å². The summed E-state index contributed by atoms with van der Waals surface area (Å²) >= 11 is -4.20. The maximum absolute atomic E-state index is 2.25. The van der Waals surface area contributed by atoms with Crippen LogP contribution in [0.5, 0.6) is 0 Å². The van der Waals surface area contributed by atoms with Gasteiger partial charge in [-0.1, -0.05) is 0 Å². The summed E-state index contributed by atoms with van der Waals surface area (Å²) in [7, 11) is 0. The molecule has 0 N–H and O–H groups in total. The van der Waals surface area contributed by atoms with Gasteiger partial charge in [-0.2, -0.15) is 0 Å². The van der Waals surface area contributed by atoms with Crippen LogP contribution in [0.3, 0.4) is 0 Å². The van der Waals surface area contributed by atoms with Crippen molar-refractivity contribution in [3.63, 3.8) is 0 Å². The maximum atomic E-state index is 2.25. The second-order valence-corrected chi connectivity index (χ2v) is 31.5. The molecule has 0 heterocycles. The summed E-state index contributed by atoms with van der Waals surface area (Å²) in [5.74, 6) is 0. The van der Waals surface area contributed by atoms with Crippen molar-refractivity contribution in [2.45, 2.75) is 0 Å². The molecule has 0 aliphatic carbocycles. The third-order valence-corrected chi connectivity index (χ3v) is 27.7. The number of rotatable bonds is 12. The van der Waals surface area contributed by atoms with Crippen LogP contribution in [0.4, 0.5) is 0 Å². The van der Waals surface area contributed by atoms with E-state index >= 15 is 0 Å². The van der Waals surface area contributed by atoms with Crippen LogP contribution in [0.1, 0.15) is 0 Å². The molecule has 388 valence electrons. The molecule has 0 saturated carbocycles. The van der Waals surface area contributed by atoms with E-state index < -0.39 is 67.0 Å². The molecular formula is C72H60Pd4. The average molecular weight is 1350 g/mol. The summed E-state index contributed by atoms with van der Waals surface area (Å²) in [6, 6.07) is 130. The SMILES string of the molecule is c1cc[c]([Pd]([c]2ccccc2)[c]2ccccc2)cc1.c1cc[c]([Pd]([c]2ccccc2)[c]2ccccc2)cc1.c1cc[c]([Pd]([c]2ccccc2)[c]2ccccc2)cc1.c1cc[c]([Pd]([c]2ccccc2)[c]2ccccc2)cc1. The zero-order valence-electron chi connectivity index (χ0n) is 41.9. The van der Waals surface area contributed by atoms with Gasteiger partial charge in [-0.25, -0.2) is 0 Å². The quantitative estimate of drug-likeness (QED) is 0.107. The van der Waals surface area contributed by atoms with Gasteiger partial charge in [0.1, 0.15) is 0 Å². The van der Waals surface area contributed by atoms with Crippen molar-refractivity contribution in [3.8, 4) is 0 Å². The van der Waals surface area contributed by atoms with Crippen LogP contribution in [0.2, 0.25) is 0 Å². The van der Waals surface area contributed by atoms with Gasteiger partial charge in [-0.05, 0) is 0 Å². The fraction of sp³-hybridized carbons (Fsp3) is 0. The first kappa shape index (κ1) is 54.1. The van der Waals surface area contributed by atoms with Crippen LogP contribution in [-0.4, -0.2) is 0 Å². The van der Waals surface area contributed by atoms with Crippen molar-refractivity contribution in [1.29, 1.82) is 0 Å². The van der Waals surface area contributed by atoms with Crippen molar-refractivity contribution in [1.82, 2.24) is 0 Å². The first-order valence-corrected chi connectivity index (χ1v) is 34.2. The molecule has 12 aromatic carbocycles. The summed E-state index contributed by atoms with van der Waals surface area (Å²) in [6.07, 6.45) is 0. The van der Waals surface area contributed by atoms with E-state index in [0.29, 0.717) is 0 Å². The van der Waals surface area contributed by atoms with E-state index in [4.69, 9.17) is 0 Å². The molecule has 0 aliphatic heterocycles. The molecule has 0 spiro atoms. The molecule has 4 heteroatoms. The molecule has 0 radical (unpaired) electrons. The van der Waals surface area contributed by atoms with Crippen molar-refractivity contribution >= 4 is 48.4 Å². The topological polar surface area (TPSA) is 0 Å². The summed E-state index contributed by atoms with van der Waals surface area (Å²) in [5, 5.41) is 0. The molecular weight excluding hydrogens is 1290 g/mol. The Morgan fingerprint density at radius 2 is 0.158 bits per heavy atom. The van der Waals surface area contributed by atoms with E-state index in [0.717, 1.165) is 0 Å². The molecule has 0 atom stereocenters. The number of benzene rings is 12. The van der Waals surface area contributed by atoms with Crippen molar-refractivity contribution < 1.29 is 67.0 Å². The molecule has 0 fully saturated rings. The van der Waals surface area contributed by atoms with Crippen LogP contribution < -0.4 is 48.4 Å². The minimum absolute atomic E-state index is 1.05. The Balaban J connectivity index is 0.000000124. The number of hydrogen-bond acceptors (Lipinski definition) is 0. The van der Waals surface area contributed by atoms with Crippen LogP contribution in [-0.2, 0) is 67.0 Å². The molecule has 0 unspecified atom stereocenters. The predicted octanol–water partition coefficient (Wildman–Crippen LogP) is 10.3. The third kappa shape index (κ3) is 15.7. The van der Waals surface area contributed by atoms with E-state index in [-0.39, 0.29) is 0 Å². The molecule has 0 aliphatic rings. The molecule has 0 nitrogen and oxygen atoms in total. The van der Waals surface area contributed by atoms with Gasteiger partial charge in [0.25, 0.3) is 0 Å². The Morgan fingerprint density at radius 1 is 0.0921 bits per heavy atom. The summed E-state index contributed by atoms with van der Waals surface area (Å²) in [6.45, 7) is 0. The Morgan fingerprint density at radius 3 is 0.224 bits per heavy atom. The van der Waals surface area contributed by atoms with Crippen LogP contribution in [0.15, 0.2) is 364 Å². The van der Waals surface area contributed by atoms with Gasteiger partial charge in [-0.3, -0.25) is 0 Å². The van der Waals surface area contributed by atoms with E-state index in [9.17, 15) is 0 Å². The zero-order valence-corrected chi connectivity index (χ0v) is 48.1. The summed E-state index contributed by atoms with van der Waals surface area (Å²) < 4.78 is 17.4. The molecule has 0 aromatic heterocycles. The van der Waals surface area contributed by atoms with Gasteiger partial charge in [0.2, 0.25) is 0 Å². The van der Waals surface area contributed by atoms with E-state index in [1.54, 1.807) is 0 Å². The second-order valence-electron chi connectivity index (χ2n) is 16.1. The summed E-state index contributed by atoms with van der Waals surface area (Å²) in [4.78, 5) is 0. The Bertz CT molecular complexity index is 2570. The van der Waals surface area contributed by atoms with Crippen molar-refractivity contribution in [2.75, 3.05) is 0 Å². The van der Waals surface area contributed by atoms with Gasteiger partial charge in [0.05, 0.1) is 0 Å². The Kier molecular flexibility index (Phi) is 21.5. The van der Waals surface area contributed by atoms with E-state index in [1.807, 2.05) is 0 Å². The normalized spacial score (nSPS) is 11.1. The van der Waals surface area contributed by atoms with Crippen molar-refractivity contribution in [3.05, 3.63) is 364 Å². The fourth-order valence-corrected chi connectivity index (χ4v) is 23.4. The molecule has 0 bridgehead atoms. The third-order valence-electron chi connectivity index (χ3n) is 10.7. The van der Waals surface area contributed by atoms with E-state index in [2.05, 4.69) is 364 Å². The Labute approximate surface area is 474 Å². The first-order chi connectivity index (χ1) is 37.8. The van der Waals surface area contributed by atoms with Gasteiger partial charge in [0.15, 0.2) is 0 Å². The monoisotopic (exact) mass is 1350 g/mol.